The van der Waals surface area contributed by atoms with Gasteiger partial charge in [0.05, 0.1) is 18.0 Å². The summed E-state index contributed by atoms with van der Waals surface area (Å²) in [6.45, 7) is 0. The van der Waals surface area contributed by atoms with Gasteiger partial charge >= 0.3 is 0 Å². The molecular formula is C15H14F2NO. The Labute approximate surface area is 110 Å². The topological polar surface area (TPSA) is 43.1 Å². The van der Waals surface area contributed by atoms with Crippen LogP contribution in [0.3, 0.4) is 0 Å². The van der Waals surface area contributed by atoms with Gasteiger partial charge in [0.25, 0.3) is 0 Å². The SMILES string of the molecule is N[C@@H](Cc1ccccc1)C(=O)C1=C(F)[CH]C(F)C=C1. The van der Waals surface area contributed by atoms with E-state index in [2.05, 4.69) is 0 Å². The lowest BCUT2D eigenvalue weighted by molar-refractivity contribution is -0.116. The standard InChI is InChI=1S/C15H14F2NO/c16-11-6-7-12(13(17)9-11)15(19)14(18)8-10-4-2-1-3-5-10/h1-7,9,11,14H,8,18H2/t11?,14-/m0/s1. The van der Waals surface area contributed by atoms with Gasteiger partial charge in [-0.2, -0.15) is 0 Å². The number of carbonyl (C=O) groups excluding carboxylic acids is 1. The second-order valence-corrected chi connectivity index (χ2v) is 4.39. The van der Waals surface area contributed by atoms with Crippen molar-refractivity contribution in [2.75, 3.05) is 0 Å². The van der Waals surface area contributed by atoms with Gasteiger partial charge < -0.3 is 5.73 Å². The molecule has 19 heavy (non-hydrogen) atoms. The molecule has 0 saturated carbocycles. The molecule has 0 spiro atoms. The summed E-state index contributed by atoms with van der Waals surface area (Å²) in [6.07, 6.45) is 1.90. The van der Waals surface area contributed by atoms with Crippen LogP contribution in [0.1, 0.15) is 5.56 Å². The number of hydrogen-bond donors (Lipinski definition) is 1. The molecule has 1 aliphatic rings. The van der Waals surface area contributed by atoms with Gasteiger partial charge in [-0.15, -0.1) is 0 Å². The molecule has 1 radical (unpaired) electrons. The fraction of sp³-hybridized carbons (Fsp3) is 0.200. The molecule has 0 aliphatic heterocycles. The van der Waals surface area contributed by atoms with Crippen molar-refractivity contribution in [3.63, 3.8) is 0 Å². The van der Waals surface area contributed by atoms with Crippen LogP contribution in [-0.4, -0.2) is 18.0 Å². The Hall–Kier alpha value is -1.81. The number of alkyl halides is 1. The van der Waals surface area contributed by atoms with Crippen LogP contribution in [0.4, 0.5) is 8.78 Å². The highest BCUT2D eigenvalue weighted by atomic mass is 19.1. The quantitative estimate of drug-likeness (QED) is 0.905. The molecule has 2 atom stereocenters. The van der Waals surface area contributed by atoms with Gasteiger partial charge in [-0.3, -0.25) is 4.79 Å². The van der Waals surface area contributed by atoms with Crippen LogP contribution >= 0.6 is 0 Å². The Morgan fingerprint density at radius 2 is 2.00 bits per heavy atom. The number of carbonyl (C=O) groups is 1. The summed E-state index contributed by atoms with van der Waals surface area (Å²) in [5.74, 6) is -1.36. The van der Waals surface area contributed by atoms with E-state index in [1.54, 1.807) is 0 Å². The molecule has 2 N–H and O–H groups in total. The van der Waals surface area contributed by atoms with E-state index in [0.717, 1.165) is 24.1 Å². The Morgan fingerprint density at radius 1 is 1.32 bits per heavy atom. The molecule has 1 aromatic carbocycles. The van der Waals surface area contributed by atoms with Gasteiger partial charge in [-0.05, 0) is 24.1 Å². The minimum atomic E-state index is -1.48. The van der Waals surface area contributed by atoms with Crippen molar-refractivity contribution in [2.45, 2.75) is 18.6 Å². The van der Waals surface area contributed by atoms with Crippen LogP contribution in [0, 0.1) is 6.42 Å². The van der Waals surface area contributed by atoms with E-state index in [1.807, 2.05) is 30.3 Å². The monoisotopic (exact) mass is 262 g/mol. The average molecular weight is 262 g/mol. The van der Waals surface area contributed by atoms with Crippen LogP contribution in [0.2, 0.25) is 0 Å². The summed E-state index contributed by atoms with van der Waals surface area (Å²) >= 11 is 0. The van der Waals surface area contributed by atoms with E-state index in [4.69, 9.17) is 5.73 Å². The summed E-state index contributed by atoms with van der Waals surface area (Å²) in [6, 6.07) is 8.40. The van der Waals surface area contributed by atoms with Crippen LogP contribution in [0.25, 0.3) is 0 Å². The number of nitrogens with two attached hydrogens (primary N) is 1. The summed E-state index contributed by atoms with van der Waals surface area (Å²) < 4.78 is 26.4. The number of ketones is 1. The Morgan fingerprint density at radius 3 is 2.63 bits per heavy atom. The van der Waals surface area contributed by atoms with Crippen LogP contribution in [-0.2, 0) is 11.2 Å². The highest BCUT2D eigenvalue weighted by Gasteiger charge is 2.25. The molecule has 99 valence electrons. The van der Waals surface area contributed by atoms with Gasteiger partial charge in [-0.25, -0.2) is 8.78 Å². The van der Waals surface area contributed by atoms with Crippen LogP contribution in [0.15, 0.2) is 53.9 Å². The summed E-state index contributed by atoms with van der Waals surface area (Å²) in [7, 11) is 0. The van der Waals surface area contributed by atoms with Crippen molar-refractivity contribution in [3.05, 3.63) is 65.9 Å². The van der Waals surface area contributed by atoms with Crippen molar-refractivity contribution in [1.82, 2.24) is 0 Å². The zero-order valence-corrected chi connectivity index (χ0v) is 10.2. The first-order valence-electron chi connectivity index (χ1n) is 5.98. The maximum atomic E-state index is 13.5. The maximum absolute atomic E-state index is 13.5. The molecule has 0 heterocycles. The highest BCUT2D eigenvalue weighted by molar-refractivity contribution is 6.02. The first-order valence-corrected chi connectivity index (χ1v) is 5.98. The zero-order valence-electron chi connectivity index (χ0n) is 10.2. The lowest BCUT2D eigenvalue weighted by Crippen LogP contribution is -2.34. The summed E-state index contributed by atoms with van der Waals surface area (Å²) in [5.41, 5.74) is 6.53. The molecule has 1 unspecified atom stereocenters. The normalized spacial score (nSPS) is 20.5. The van der Waals surface area contributed by atoms with Crippen molar-refractivity contribution < 1.29 is 13.6 Å². The Kier molecular flexibility index (Phi) is 4.22. The fourth-order valence-electron chi connectivity index (χ4n) is 1.91. The molecule has 0 aromatic heterocycles. The largest absolute Gasteiger partial charge is 0.321 e. The van der Waals surface area contributed by atoms with Gasteiger partial charge in [0.15, 0.2) is 5.78 Å². The first kappa shape index (κ1) is 13.6. The third-order valence-corrected chi connectivity index (χ3v) is 2.91. The Balaban J connectivity index is 2.08. The second kappa shape index (κ2) is 5.89. The number of Topliss-reactive ketones (excluding diaryl/α,β-unsaturated/α-hetero) is 1. The number of rotatable bonds is 4. The van der Waals surface area contributed by atoms with E-state index < -0.39 is 23.8 Å². The molecule has 0 fully saturated rings. The van der Waals surface area contributed by atoms with E-state index in [1.165, 1.54) is 0 Å². The van der Waals surface area contributed by atoms with Crippen molar-refractivity contribution in [1.29, 1.82) is 0 Å². The van der Waals surface area contributed by atoms with Gasteiger partial charge in [-0.1, -0.05) is 30.3 Å². The number of benzene rings is 1. The highest BCUT2D eigenvalue weighted by Crippen LogP contribution is 2.23. The molecule has 1 aromatic rings. The van der Waals surface area contributed by atoms with Gasteiger partial charge in [0.1, 0.15) is 12.0 Å². The number of halogens is 2. The third-order valence-electron chi connectivity index (χ3n) is 2.91. The van der Waals surface area contributed by atoms with Crippen LogP contribution in [0.5, 0.6) is 0 Å². The van der Waals surface area contributed by atoms with Gasteiger partial charge in [0, 0.05) is 0 Å². The van der Waals surface area contributed by atoms with Crippen molar-refractivity contribution >= 4 is 5.78 Å². The molecule has 0 amide bonds. The maximum Gasteiger partial charge on any atom is 0.182 e. The van der Waals surface area contributed by atoms with Crippen molar-refractivity contribution in [3.8, 4) is 0 Å². The molecule has 0 bridgehead atoms. The molecule has 2 rings (SSSR count). The average Bonchev–Trinajstić information content (AvgIpc) is 2.39. The lowest BCUT2D eigenvalue weighted by atomic mass is 9.94. The van der Waals surface area contributed by atoms with Gasteiger partial charge in [0.2, 0.25) is 0 Å². The van der Waals surface area contributed by atoms with Crippen molar-refractivity contribution in [2.24, 2.45) is 5.73 Å². The molecule has 4 heteroatoms. The molecular weight excluding hydrogens is 248 g/mol. The van der Waals surface area contributed by atoms with E-state index in [0.29, 0.717) is 6.42 Å². The smallest absolute Gasteiger partial charge is 0.182 e. The minimum absolute atomic E-state index is 0.155. The third kappa shape index (κ3) is 3.35. The number of allylic oxidation sites excluding steroid dienone is 3. The molecule has 0 saturated heterocycles. The molecule has 1 aliphatic carbocycles. The number of hydrogen-bond acceptors (Lipinski definition) is 2. The predicted molar refractivity (Wildman–Crippen MR) is 69.6 cm³/mol. The van der Waals surface area contributed by atoms with E-state index >= 15 is 0 Å². The first-order chi connectivity index (χ1) is 9.08. The zero-order chi connectivity index (χ0) is 13.8. The lowest BCUT2D eigenvalue weighted by Gasteiger charge is -2.15. The summed E-state index contributed by atoms with van der Waals surface area (Å²) in [5, 5.41) is 0. The summed E-state index contributed by atoms with van der Waals surface area (Å²) in [4.78, 5) is 12.0. The predicted octanol–water partition coefficient (Wildman–Crippen LogP) is 2.46. The van der Waals surface area contributed by atoms with E-state index in [-0.39, 0.29) is 5.57 Å². The second-order valence-electron chi connectivity index (χ2n) is 4.39. The molecule has 2 nitrogen and oxygen atoms in total. The van der Waals surface area contributed by atoms with Crippen LogP contribution < -0.4 is 5.73 Å². The fourth-order valence-corrected chi connectivity index (χ4v) is 1.91. The van der Waals surface area contributed by atoms with E-state index in [9.17, 15) is 13.6 Å². The Bertz CT molecular complexity index is 522. The minimum Gasteiger partial charge on any atom is -0.321 e.